The van der Waals surface area contributed by atoms with Gasteiger partial charge in [0, 0.05) is 0 Å². The van der Waals surface area contributed by atoms with Crippen molar-refractivity contribution in [2.24, 2.45) is 0 Å². The third-order valence-corrected chi connectivity index (χ3v) is 8.41. The Hall–Kier alpha value is -5.11. The Bertz CT molecular complexity index is 1580. The summed E-state index contributed by atoms with van der Waals surface area (Å²) < 4.78 is 69.1. The molecule has 0 N–H and O–H groups in total. The molecule has 0 aromatic heterocycles. The Labute approximate surface area is 273 Å². The van der Waals surface area contributed by atoms with Gasteiger partial charge in [-0.3, -0.25) is 0 Å². The largest absolute Gasteiger partial charge is 0.648 e. The Morgan fingerprint density at radius 2 is 0.830 bits per heavy atom. The van der Waals surface area contributed by atoms with Crippen molar-refractivity contribution in [3.8, 4) is 23.0 Å². The van der Waals surface area contributed by atoms with Crippen LogP contribution in [-0.2, 0) is 22.9 Å². The molecule has 47 heavy (non-hydrogen) atoms. The van der Waals surface area contributed by atoms with Crippen molar-refractivity contribution >= 4 is 21.7 Å². The lowest BCUT2D eigenvalue weighted by Crippen LogP contribution is -2.38. The normalized spacial score (nSPS) is 13.4. The molecule has 0 fully saturated rings. The molecular weight excluding hydrogens is 644 g/mol. The average molecular weight is 678 g/mol. The number of hydrogen-bond donors (Lipinski definition) is 0. The van der Waals surface area contributed by atoms with Crippen LogP contribution in [0.25, 0.3) is 0 Å². The second-order valence-corrected chi connectivity index (χ2v) is 13.7. The van der Waals surface area contributed by atoms with E-state index in [0.29, 0.717) is 0 Å². The molecule has 244 valence electrons. The molecule has 5 rings (SSSR count). The van der Waals surface area contributed by atoms with Gasteiger partial charge in [0.25, 0.3) is 0 Å². The van der Waals surface area contributed by atoms with E-state index < -0.39 is 27.3 Å². The number of carbonyl (C=O) groups is 1. The lowest BCUT2D eigenvalue weighted by molar-refractivity contribution is 0.0202. The summed E-state index contributed by atoms with van der Waals surface area (Å²) >= 11 is 0. The summed E-state index contributed by atoms with van der Waals surface area (Å²) in [5.41, 5.74) is -0.986. The standard InChI is InChI=1S/C34H33NO10P2/c1-34(2,3)39-33(36)35-31(44-46(37,40-27-17-8-4-9-18-27)41-28-19-10-5-11-20-28)25-16-26-32(35)45-47(38,42-29-21-12-6-13-22-29)43-30-23-14-7-15-24-30/h4-15,17-26H,16H2,1-3H3. The fraction of sp³-hybridized carbons (Fsp3) is 0.147. The first-order valence-corrected chi connectivity index (χ1v) is 17.4. The van der Waals surface area contributed by atoms with E-state index in [4.69, 9.17) is 31.9 Å². The molecule has 4 aromatic carbocycles. The zero-order chi connectivity index (χ0) is 33.3. The van der Waals surface area contributed by atoms with E-state index in [1.54, 1.807) is 142 Å². The fourth-order valence-corrected chi connectivity index (χ4v) is 6.49. The second kappa shape index (κ2) is 14.5. The van der Waals surface area contributed by atoms with Gasteiger partial charge in [-0.05, 0) is 87.9 Å². The SMILES string of the molecule is CC(C)(C)OC(=O)N1C(OP(=O)(Oc2ccccc2)Oc2ccccc2)=CCC=C1OP(=O)(Oc1ccccc1)Oc1ccccc1. The number of phosphoric ester groups is 2. The van der Waals surface area contributed by atoms with Crippen LogP contribution in [0.3, 0.4) is 0 Å². The zero-order valence-corrected chi connectivity index (χ0v) is 27.6. The summed E-state index contributed by atoms with van der Waals surface area (Å²) in [6.45, 7) is 4.98. The van der Waals surface area contributed by atoms with Gasteiger partial charge in [0.15, 0.2) is 0 Å². The van der Waals surface area contributed by atoms with Crippen LogP contribution in [0.2, 0.25) is 0 Å². The van der Waals surface area contributed by atoms with Gasteiger partial charge in [-0.1, -0.05) is 72.8 Å². The third-order valence-electron chi connectivity index (χ3n) is 5.85. The van der Waals surface area contributed by atoms with Crippen LogP contribution < -0.4 is 18.1 Å². The second-order valence-electron chi connectivity index (χ2n) is 10.8. The third kappa shape index (κ3) is 9.69. The number of phosphoric acid groups is 2. The predicted octanol–water partition coefficient (Wildman–Crippen LogP) is 9.88. The van der Waals surface area contributed by atoms with Crippen LogP contribution in [0.4, 0.5) is 4.79 Å². The van der Waals surface area contributed by atoms with Crippen LogP contribution in [-0.4, -0.2) is 16.6 Å². The molecule has 1 amide bonds. The number of nitrogens with zero attached hydrogens (tertiary/aromatic N) is 1. The highest BCUT2D eigenvalue weighted by atomic mass is 31.2. The first-order chi connectivity index (χ1) is 22.5. The minimum absolute atomic E-state index is 0.0807. The Kier molecular flexibility index (Phi) is 10.3. The number of ether oxygens (including phenoxy) is 1. The molecular formula is C34H33NO10P2. The molecule has 0 unspecified atom stereocenters. The zero-order valence-electron chi connectivity index (χ0n) is 25.8. The maximum absolute atomic E-state index is 14.3. The minimum atomic E-state index is -4.58. The number of amides is 1. The minimum Gasteiger partial charge on any atom is -0.443 e. The Balaban J connectivity index is 1.50. The molecule has 1 aliphatic heterocycles. The highest BCUT2D eigenvalue weighted by Crippen LogP contribution is 2.55. The van der Waals surface area contributed by atoms with E-state index in [0.717, 1.165) is 4.90 Å². The molecule has 1 heterocycles. The summed E-state index contributed by atoms with van der Waals surface area (Å²) in [6.07, 6.45) is 1.95. The van der Waals surface area contributed by atoms with Gasteiger partial charge in [-0.2, -0.15) is 14.0 Å². The molecule has 11 nitrogen and oxygen atoms in total. The molecule has 0 atom stereocenters. The molecule has 0 spiro atoms. The molecule has 0 bridgehead atoms. The van der Waals surface area contributed by atoms with E-state index in [1.165, 1.54) is 12.2 Å². The van der Waals surface area contributed by atoms with Gasteiger partial charge in [0.1, 0.15) is 28.6 Å². The topological polar surface area (TPSA) is 119 Å². The van der Waals surface area contributed by atoms with Gasteiger partial charge < -0.3 is 31.9 Å². The van der Waals surface area contributed by atoms with Crippen molar-refractivity contribution in [2.45, 2.75) is 32.8 Å². The fourth-order valence-electron chi connectivity index (χ4n) is 3.98. The first-order valence-electron chi connectivity index (χ1n) is 14.5. The van der Waals surface area contributed by atoms with Crippen molar-refractivity contribution in [1.29, 1.82) is 0 Å². The van der Waals surface area contributed by atoms with Crippen molar-refractivity contribution in [2.75, 3.05) is 0 Å². The summed E-state index contributed by atoms with van der Waals surface area (Å²) in [7, 11) is -9.16. The van der Waals surface area contributed by atoms with Crippen LogP contribution in [0.15, 0.2) is 145 Å². The van der Waals surface area contributed by atoms with E-state index in [1.807, 2.05) is 0 Å². The van der Waals surface area contributed by atoms with Crippen LogP contribution in [0.1, 0.15) is 27.2 Å². The van der Waals surface area contributed by atoms with Crippen molar-refractivity contribution in [3.05, 3.63) is 145 Å². The van der Waals surface area contributed by atoms with Gasteiger partial charge in [0.2, 0.25) is 11.8 Å². The van der Waals surface area contributed by atoms with E-state index in [-0.39, 0.29) is 41.2 Å². The number of allylic oxidation sites excluding steroid dienone is 2. The van der Waals surface area contributed by atoms with Gasteiger partial charge in [-0.15, -0.1) is 0 Å². The summed E-state index contributed by atoms with van der Waals surface area (Å²) in [5.74, 6) is 0.0370. The van der Waals surface area contributed by atoms with Gasteiger partial charge in [0.05, 0.1) is 0 Å². The maximum atomic E-state index is 14.3. The molecule has 1 aliphatic rings. The van der Waals surface area contributed by atoms with E-state index in [2.05, 4.69) is 0 Å². The predicted molar refractivity (Wildman–Crippen MR) is 175 cm³/mol. The summed E-state index contributed by atoms with van der Waals surface area (Å²) in [4.78, 5) is 14.6. The highest BCUT2D eigenvalue weighted by molar-refractivity contribution is 7.49. The number of rotatable bonds is 12. The Morgan fingerprint density at radius 1 is 0.532 bits per heavy atom. The van der Waals surface area contributed by atoms with Gasteiger partial charge >= 0.3 is 21.7 Å². The molecule has 0 saturated heterocycles. The van der Waals surface area contributed by atoms with Crippen molar-refractivity contribution in [1.82, 2.24) is 4.90 Å². The van der Waals surface area contributed by atoms with Crippen molar-refractivity contribution in [3.63, 3.8) is 0 Å². The maximum Gasteiger partial charge on any atom is 0.648 e. The van der Waals surface area contributed by atoms with Crippen molar-refractivity contribution < 1.29 is 45.8 Å². The first kappa shape index (κ1) is 33.3. The summed E-state index contributed by atoms with van der Waals surface area (Å²) in [5, 5.41) is 0. The molecule has 0 radical (unpaired) electrons. The number of hydrogen-bond acceptors (Lipinski definition) is 10. The Morgan fingerprint density at radius 3 is 1.11 bits per heavy atom. The lowest BCUT2D eigenvalue weighted by atomic mass is 10.2. The molecule has 0 aliphatic carbocycles. The molecule has 4 aromatic rings. The summed E-state index contributed by atoms with van der Waals surface area (Å²) in [6, 6.07) is 33.0. The monoisotopic (exact) mass is 677 g/mol. The molecule has 0 saturated carbocycles. The van der Waals surface area contributed by atoms with E-state index >= 15 is 0 Å². The number of benzene rings is 4. The smallest absolute Gasteiger partial charge is 0.443 e. The quantitative estimate of drug-likeness (QED) is 0.134. The van der Waals surface area contributed by atoms with E-state index in [9.17, 15) is 13.9 Å². The van der Waals surface area contributed by atoms with Crippen LogP contribution >= 0.6 is 15.6 Å². The lowest BCUT2D eigenvalue weighted by Gasteiger charge is -2.33. The van der Waals surface area contributed by atoms with Gasteiger partial charge in [-0.25, -0.2) is 4.79 Å². The molecule has 13 heteroatoms. The highest BCUT2D eigenvalue weighted by Gasteiger charge is 2.44. The number of para-hydroxylation sites is 4. The van der Waals surface area contributed by atoms with Crippen LogP contribution in [0.5, 0.6) is 23.0 Å². The number of carbonyl (C=O) groups excluding carboxylic acids is 1. The average Bonchev–Trinajstić information content (AvgIpc) is 3.02. The van der Waals surface area contributed by atoms with Crippen LogP contribution in [0, 0.1) is 0 Å².